The quantitative estimate of drug-likeness (QED) is 0.759. The third-order valence-electron chi connectivity index (χ3n) is 4.26. The van der Waals surface area contributed by atoms with Crippen molar-refractivity contribution in [2.45, 2.75) is 19.3 Å². The highest BCUT2D eigenvalue weighted by Crippen LogP contribution is 2.27. The second kappa shape index (κ2) is 8.72. The molecular formula is C20H21ClN2O3. The van der Waals surface area contributed by atoms with Crippen LogP contribution in [0.1, 0.15) is 18.4 Å². The molecular weight excluding hydrogens is 352 g/mol. The Kier molecular flexibility index (Phi) is 6.12. The minimum absolute atomic E-state index is 0.0604. The first-order valence-corrected chi connectivity index (χ1v) is 9.04. The average Bonchev–Trinajstić information content (AvgIpc) is 3.09. The van der Waals surface area contributed by atoms with Gasteiger partial charge >= 0.3 is 0 Å². The molecule has 0 unspecified atom stereocenters. The summed E-state index contributed by atoms with van der Waals surface area (Å²) in [5.74, 6) is 0.480. The van der Waals surface area contributed by atoms with Gasteiger partial charge in [0.25, 0.3) is 5.91 Å². The zero-order valence-electron chi connectivity index (χ0n) is 14.4. The highest BCUT2D eigenvalue weighted by Gasteiger charge is 2.23. The topological polar surface area (TPSA) is 58.6 Å². The van der Waals surface area contributed by atoms with Crippen molar-refractivity contribution in [2.75, 3.05) is 24.6 Å². The molecule has 2 aromatic rings. The van der Waals surface area contributed by atoms with Crippen LogP contribution in [0.15, 0.2) is 48.5 Å². The van der Waals surface area contributed by atoms with Gasteiger partial charge in [-0.25, -0.2) is 0 Å². The number of hydrogen-bond donors (Lipinski definition) is 1. The smallest absolute Gasteiger partial charge is 0.257 e. The largest absolute Gasteiger partial charge is 0.484 e. The van der Waals surface area contributed by atoms with Crippen LogP contribution in [0.25, 0.3) is 0 Å². The van der Waals surface area contributed by atoms with E-state index in [2.05, 4.69) is 11.4 Å². The maximum Gasteiger partial charge on any atom is 0.257 e. The molecule has 0 aliphatic carbocycles. The van der Waals surface area contributed by atoms with Crippen molar-refractivity contribution in [3.05, 3.63) is 59.1 Å². The SMILES string of the molecule is O=C(COc1ccc(Cl)cc1)NCCCC(=O)N1CCc2ccccc21. The summed E-state index contributed by atoms with van der Waals surface area (Å²) in [4.78, 5) is 26.0. The molecule has 0 fully saturated rings. The van der Waals surface area contributed by atoms with E-state index in [1.54, 1.807) is 24.3 Å². The van der Waals surface area contributed by atoms with Crippen molar-refractivity contribution >= 4 is 29.1 Å². The molecule has 0 aromatic heterocycles. The number of nitrogens with one attached hydrogen (secondary N) is 1. The van der Waals surface area contributed by atoms with Crippen molar-refractivity contribution in [1.29, 1.82) is 0 Å². The minimum Gasteiger partial charge on any atom is -0.484 e. The molecule has 0 radical (unpaired) electrons. The Morgan fingerprint density at radius 2 is 1.88 bits per heavy atom. The number of anilines is 1. The van der Waals surface area contributed by atoms with E-state index >= 15 is 0 Å². The van der Waals surface area contributed by atoms with Crippen LogP contribution in [0.3, 0.4) is 0 Å². The molecule has 1 aliphatic rings. The molecule has 0 saturated heterocycles. The molecule has 3 rings (SSSR count). The van der Waals surface area contributed by atoms with E-state index in [1.807, 2.05) is 23.1 Å². The summed E-state index contributed by atoms with van der Waals surface area (Å²) in [5, 5.41) is 3.39. The zero-order valence-corrected chi connectivity index (χ0v) is 15.2. The Hall–Kier alpha value is -2.53. The number of para-hydroxylation sites is 1. The van der Waals surface area contributed by atoms with Crippen LogP contribution in [-0.4, -0.2) is 31.5 Å². The standard InChI is InChI=1S/C20H21ClN2O3/c21-16-7-9-17(10-8-16)26-14-19(24)22-12-3-6-20(25)23-13-11-15-4-1-2-5-18(15)23/h1-2,4-5,7-10H,3,6,11-14H2,(H,22,24). The van der Waals surface area contributed by atoms with E-state index in [0.717, 1.165) is 18.7 Å². The summed E-state index contributed by atoms with van der Waals surface area (Å²) in [6.45, 7) is 1.12. The number of rotatable bonds is 7. The molecule has 0 bridgehead atoms. The third-order valence-corrected chi connectivity index (χ3v) is 4.51. The first kappa shape index (κ1) is 18.3. The first-order chi connectivity index (χ1) is 12.6. The van der Waals surface area contributed by atoms with Gasteiger partial charge < -0.3 is 15.0 Å². The first-order valence-electron chi connectivity index (χ1n) is 8.67. The number of carbonyl (C=O) groups excluding carboxylic acids is 2. The number of ether oxygens (including phenoxy) is 1. The normalized spacial score (nSPS) is 12.6. The van der Waals surface area contributed by atoms with Gasteiger partial charge in [0.2, 0.25) is 5.91 Å². The number of carbonyl (C=O) groups is 2. The lowest BCUT2D eigenvalue weighted by atomic mass is 10.2. The molecule has 0 spiro atoms. The maximum atomic E-state index is 12.4. The van der Waals surface area contributed by atoms with Crippen LogP contribution in [0.4, 0.5) is 5.69 Å². The summed E-state index contributed by atoms with van der Waals surface area (Å²) in [6.07, 6.45) is 1.91. The van der Waals surface area contributed by atoms with Gasteiger partial charge in [-0.1, -0.05) is 29.8 Å². The number of fused-ring (bicyclic) bond motifs is 1. The van der Waals surface area contributed by atoms with Gasteiger partial charge in [-0.2, -0.15) is 0 Å². The lowest BCUT2D eigenvalue weighted by Crippen LogP contribution is -2.32. The van der Waals surface area contributed by atoms with Crippen molar-refractivity contribution in [2.24, 2.45) is 0 Å². The molecule has 2 aromatic carbocycles. The second-order valence-electron chi connectivity index (χ2n) is 6.12. The second-order valence-corrected chi connectivity index (χ2v) is 6.56. The molecule has 1 aliphatic heterocycles. The molecule has 1 heterocycles. The number of nitrogens with zero attached hydrogens (tertiary/aromatic N) is 1. The van der Waals surface area contributed by atoms with E-state index in [9.17, 15) is 9.59 Å². The summed E-state index contributed by atoms with van der Waals surface area (Å²) < 4.78 is 5.38. The third kappa shape index (κ3) is 4.76. The number of amides is 2. The molecule has 136 valence electrons. The Morgan fingerprint density at radius 1 is 1.12 bits per heavy atom. The Labute approximate surface area is 157 Å². The average molecular weight is 373 g/mol. The van der Waals surface area contributed by atoms with Crippen LogP contribution in [0.2, 0.25) is 5.02 Å². The lowest BCUT2D eigenvalue weighted by molar-refractivity contribution is -0.123. The van der Waals surface area contributed by atoms with E-state index < -0.39 is 0 Å². The highest BCUT2D eigenvalue weighted by atomic mass is 35.5. The maximum absolute atomic E-state index is 12.4. The van der Waals surface area contributed by atoms with Crippen LogP contribution in [-0.2, 0) is 16.0 Å². The molecule has 6 heteroatoms. The fourth-order valence-corrected chi connectivity index (χ4v) is 3.06. The molecule has 5 nitrogen and oxygen atoms in total. The van der Waals surface area contributed by atoms with Crippen LogP contribution in [0, 0.1) is 0 Å². The van der Waals surface area contributed by atoms with Gasteiger partial charge in [0.05, 0.1) is 0 Å². The summed E-state index contributed by atoms with van der Waals surface area (Å²) in [5.41, 5.74) is 2.23. The Balaban J connectivity index is 1.34. The van der Waals surface area contributed by atoms with Crippen LogP contribution in [0.5, 0.6) is 5.75 Å². The number of benzene rings is 2. The van der Waals surface area contributed by atoms with Crippen LogP contribution < -0.4 is 15.0 Å². The summed E-state index contributed by atoms with van der Waals surface area (Å²) in [6, 6.07) is 14.8. The van der Waals surface area contributed by atoms with Gasteiger partial charge in [-0.15, -0.1) is 0 Å². The Bertz CT molecular complexity index is 777. The number of halogens is 1. The van der Waals surface area contributed by atoms with E-state index in [0.29, 0.717) is 30.2 Å². The van der Waals surface area contributed by atoms with Crippen molar-refractivity contribution < 1.29 is 14.3 Å². The lowest BCUT2D eigenvalue weighted by Gasteiger charge is -2.17. The van der Waals surface area contributed by atoms with Crippen LogP contribution >= 0.6 is 11.6 Å². The predicted octanol–water partition coefficient (Wildman–Crippen LogP) is 3.20. The Morgan fingerprint density at radius 3 is 2.69 bits per heavy atom. The van der Waals surface area contributed by atoms with Gasteiger partial charge in [0.1, 0.15) is 5.75 Å². The molecule has 0 saturated carbocycles. The highest BCUT2D eigenvalue weighted by molar-refractivity contribution is 6.30. The van der Waals surface area contributed by atoms with Crippen molar-refractivity contribution in [3.63, 3.8) is 0 Å². The van der Waals surface area contributed by atoms with Crippen molar-refractivity contribution in [3.8, 4) is 5.75 Å². The fraction of sp³-hybridized carbons (Fsp3) is 0.300. The van der Waals surface area contributed by atoms with Crippen molar-refractivity contribution in [1.82, 2.24) is 5.32 Å². The monoisotopic (exact) mass is 372 g/mol. The molecule has 2 amide bonds. The van der Waals surface area contributed by atoms with Gasteiger partial charge in [-0.05, 0) is 48.7 Å². The minimum atomic E-state index is -0.209. The molecule has 1 N–H and O–H groups in total. The summed E-state index contributed by atoms with van der Waals surface area (Å²) >= 11 is 5.79. The van der Waals surface area contributed by atoms with Gasteiger partial charge in [0.15, 0.2) is 6.61 Å². The van der Waals surface area contributed by atoms with E-state index in [4.69, 9.17) is 16.3 Å². The van der Waals surface area contributed by atoms with Gasteiger partial charge in [0, 0.05) is 30.2 Å². The molecule has 26 heavy (non-hydrogen) atoms. The summed E-state index contributed by atoms with van der Waals surface area (Å²) in [7, 11) is 0. The van der Waals surface area contributed by atoms with E-state index in [1.165, 1.54) is 5.56 Å². The number of hydrogen-bond acceptors (Lipinski definition) is 3. The van der Waals surface area contributed by atoms with Gasteiger partial charge in [-0.3, -0.25) is 9.59 Å². The zero-order chi connectivity index (χ0) is 18.4. The molecule has 0 atom stereocenters. The van der Waals surface area contributed by atoms with E-state index in [-0.39, 0.29) is 18.4 Å². The fourth-order valence-electron chi connectivity index (χ4n) is 2.93. The predicted molar refractivity (Wildman–Crippen MR) is 102 cm³/mol.